The van der Waals surface area contributed by atoms with Crippen LogP contribution in [0.15, 0.2) is 121 Å². The summed E-state index contributed by atoms with van der Waals surface area (Å²) >= 11 is 0. The molecular weight excluding hydrogens is 502 g/mol. The van der Waals surface area contributed by atoms with Gasteiger partial charge in [0.1, 0.15) is 12.9 Å². The van der Waals surface area contributed by atoms with Crippen LogP contribution in [0.3, 0.4) is 0 Å². The van der Waals surface area contributed by atoms with Gasteiger partial charge in [0.15, 0.2) is 0 Å². The number of hydrogen-bond donors (Lipinski definition) is 0. The normalized spacial score (nSPS) is 12.3. The van der Waals surface area contributed by atoms with Crippen LogP contribution in [0.2, 0.25) is 0 Å². The summed E-state index contributed by atoms with van der Waals surface area (Å²) < 4.78 is 18.2. The van der Waals surface area contributed by atoms with E-state index >= 15 is 0 Å². The number of ether oxygens (including phenoxy) is 3. The highest BCUT2D eigenvalue weighted by atomic mass is 16.6. The van der Waals surface area contributed by atoms with E-state index in [0.717, 1.165) is 28.5 Å². The quantitative estimate of drug-likeness (QED) is 0.160. The van der Waals surface area contributed by atoms with Gasteiger partial charge in [0.05, 0.1) is 32.0 Å². The van der Waals surface area contributed by atoms with E-state index in [1.165, 1.54) is 0 Å². The maximum Gasteiger partial charge on any atom is 0.410 e. The van der Waals surface area contributed by atoms with Crippen molar-refractivity contribution in [1.82, 2.24) is 4.90 Å². The van der Waals surface area contributed by atoms with Crippen LogP contribution >= 0.6 is 0 Å². The Kier molecular flexibility index (Phi) is 11.5. The van der Waals surface area contributed by atoms with Gasteiger partial charge in [0.2, 0.25) is 0 Å². The summed E-state index contributed by atoms with van der Waals surface area (Å²) in [5.41, 5.74) is 3.81. The van der Waals surface area contributed by atoms with Crippen molar-refractivity contribution in [1.29, 1.82) is 0 Å². The molecule has 4 aromatic carbocycles. The third kappa shape index (κ3) is 9.19. The molecule has 0 aliphatic heterocycles. The molecule has 4 aromatic rings. The summed E-state index contributed by atoms with van der Waals surface area (Å²) in [5, 5.41) is 0. The number of nitrogens with zero attached hydrogens (tertiary/aromatic N) is 1. The topological polar surface area (TPSA) is 65.1 Å². The molecule has 0 saturated carbocycles. The Morgan fingerprint density at radius 1 is 0.650 bits per heavy atom. The minimum atomic E-state index is -0.610. The zero-order valence-corrected chi connectivity index (χ0v) is 22.5. The Bertz CT molecular complexity index is 1270. The Labute approximate surface area is 236 Å². The molecule has 0 aliphatic carbocycles. The second-order valence-corrected chi connectivity index (χ2v) is 9.46. The van der Waals surface area contributed by atoms with Crippen molar-refractivity contribution in [3.8, 4) is 0 Å². The number of carbonyl (C=O) groups is 2. The summed E-state index contributed by atoms with van der Waals surface area (Å²) in [5.74, 6) is 0. The SMILES string of the molecule is O=CC[C@H](OCc1ccccc1)[C@H](COCc1ccccc1)N(Cc1ccccc1)C(=O)OCc1ccccc1. The predicted octanol–water partition coefficient (Wildman–Crippen LogP) is 6.59. The Hall–Kier alpha value is -4.26. The van der Waals surface area contributed by atoms with E-state index in [1.807, 2.05) is 121 Å². The fourth-order valence-electron chi connectivity index (χ4n) is 4.38. The fraction of sp³-hybridized carbons (Fsp3) is 0.235. The number of rotatable bonds is 15. The van der Waals surface area contributed by atoms with Crippen LogP contribution in [-0.2, 0) is 45.4 Å². The average Bonchev–Trinajstić information content (AvgIpc) is 3.01. The van der Waals surface area contributed by atoms with Gasteiger partial charge in [-0.25, -0.2) is 4.79 Å². The molecule has 206 valence electrons. The number of hydrogen-bond acceptors (Lipinski definition) is 5. The monoisotopic (exact) mass is 537 g/mol. The maximum absolute atomic E-state index is 13.7. The summed E-state index contributed by atoms with van der Waals surface area (Å²) in [4.78, 5) is 27.1. The molecule has 2 atom stereocenters. The van der Waals surface area contributed by atoms with Crippen molar-refractivity contribution in [3.05, 3.63) is 144 Å². The molecular formula is C34H35NO5. The summed E-state index contributed by atoms with van der Waals surface area (Å²) in [6.45, 7) is 1.23. The molecule has 0 N–H and O–H groups in total. The van der Waals surface area contributed by atoms with Gasteiger partial charge in [0, 0.05) is 13.0 Å². The van der Waals surface area contributed by atoms with Crippen molar-refractivity contribution in [2.45, 2.75) is 44.9 Å². The number of benzene rings is 4. The maximum atomic E-state index is 13.7. The molecule has 0 saturated heterocycles. The van der Waals surface area contributed by atoms with E-state index in [-0.39, 0.29) is 26.2 Å². The number of carbonyl (C=O) groups excluding carboxylic acids is 2. The van der Waals surface area contributed by atoms with Gasteiger partial charge in [0.25, 0.3) is 0 Å². The first-order valence-corrected chi connectivity index (χ1v) is 13.4. The van der Waals surface area contributed by atoms with Crippen LogP contribution in [0.5, 0.6) is 0 Å². The van der Waals surface area contributed by atoms with E-state index < -0.39 is 18.2 Å². The van der Waals surface area contributed by atoms with Crippen molar-refractivity contribution in [2.24, 2.45) is 0 Å². The lowest BCUT2D eigenvalue weighted by molar-refractivity contribution is -0.114. The van der Waals surface area contributed by atoms with Crippen molar-refractivity contribution < 1.29 is 23.8 Å². The van der Waals surface area contributed by atoms with Gasteiger partial charge >= 0.3 is 6.09 Å². The van der Waals surface area contributed by atoms with Gasteiger partial charge in [-0.15, -0.1) is 0 Å². The van der Waals surface area contributed by atoms with Gasteiger partial charge < -0.3 is 19.0 Å². The van der Waals surface area contributed by atoms with Gasteiger partial charge in [-0.3, -0.25) is 4.90 Å². The Morgan fingerprint density at radius 2 is 1.12 bits per heavy atom. The first kappa shape index (κ1) is 28.7. The third-order valence-corrected chi connectivity index (χ3v) is 6.50. The Balaban J connectivity index is 1.59. The average molecular weight is 538 g/mol. The lowest BCUT2D eigenvalue weighted by atomic mass is 10.1. The van der Waals surface area contributed by atoms with Crippen LogP contribution in [-0.4, -0.2) is 36.0 Å². The second-order valence-electron chi connectivity index (χ2n) is 9.46. The first-order valence-electron chi connectivity index (χ1n) is 13.4. The lowest BCUT2D eigenvalue weighted by Gasteiger charge is -2.36. The molecule has 4 rings (SSSR count). The van der Waals surface area contributed by atoms with Crippen LogP contribution < -0.4 is 0 Å². The zero-order valence-electron chi connectivity index (χ0n) is 22.5. The molecule has 40 heavy (non-hydrogen) atoms. The van der Waals surface area contributed by atoms with E-state index in [2.05, 4.69) is 0 Å². The minimum absolute atomic E-state index is 0.101. The molecule has 0 fully saturated rings. The molecule has 6 heteroatoms. The highest BCUT2D eigenvalue weighted by Gasteiger charge is 2.33. The molecule has 0 spiro atoms. The summed E-state index contributed by atoms with van der Waals surface area (Å²) in [6, 6.07) is 38.3. The number of aldehydes is 1. The van der Waals surface area contributed by atoms with Crippen molar-refractivity contribution >= 4 is 12.4 Å². The molecule has 1 amide bonds. The molecule has 6 nitrogen and oxygen atoms in total. The highest BCUT2D eigenvalue weighted by molar-refractivity contribution is 5.68. The molecule has 0 aliphatic rings. The van der Waals surface area contributed by atoms with Crippen LogP contribution in [0.4, 0.5) is 4.79 Å². The van der Waals surface area contributed by atoms with Crippen LogP contribution in [0.25, 0.3) is 0 Å². The van der Waals surface area contributed by atoms with Gasteiger partial charge in [-0.1, -0.05) is 121 Å². The Morgan fingerprint density at radius 3 is 1.65 bits per heavy atom. The molecule has 0 radical (unpaired) electrons. The summed E-state index contributed by atoms with van der Waals surface area (Å²) in [6.07, 6.45) is -0.180. The third-order valence-electron chi connectivity index (χ3n) is 6.50. The zero-order chi connectivity index (χ0) is 27.8. The summed E-state index contributed by atoms with van der Waals surface area (Å²) in [7, 11) is 0. The predicted molar refractivity (Wildman–Crippen MR) is 154 cm³/mol. The molecule has 0 bridgehead atoms. The van der Waals surface area contributed by atoms with E-state index in [1.54, 1.807) is 4.90 Å². The molecule has 0 aromatic heterocycles. The molecule has 0 unspecified atom stereocenters. The van der Waals surface area contributed by atoms with E-state index in [0.29, 0.717) is 13.2 Å². The van der Waals surface area contributed by atoms with Crippen LogP contribution in [0, 0.1) is 0 Å². The highest BCUT2D eigenvalue weighted by Crippen LogP contribution is 2.20. The van der Waals surface area contributed by atoms with Crippen LogP contribution in [0.1, 0.15) is 28.7 Å². The minimum Gasteiger partial charge on any atom is -0.445 e. The largest absolute Gasteiger partial charge is 0.445 e. The van der Waals surface area contributed by atoms with Crippen molar-refractivity contribution in [2.75, 3.05) is 6.61 Å². The second kappa shape index (κ2) is 16.0. The van der Waals surface area contributed by atoms with E-state index in [9.17, 15) is 9.59 Å². The molecule has 0 heterocycles. The van der Waals surface area contributed by atoms with Gasteiger partial charge in [-0.2, -0.15) is 0 Å². The number of amides is 1. The lowest BCUT2D eigenvalue weighted by Crippen LogP contribution is -2.50. The standard InChI is InChI=1S/C34H35NO5/c36-22-21-33(39-25-30-17-9-3-10-18-30)32(27-38-24-29-15-7-2-8-16-29)35(23-28-13-5-1-6-14-28)34(37)40-26-31-19-11-4-12-20-31/h1-20,22,32-33H,21,23-27H2/t32-,33-/m0/s1. The van der Waals surface area contributed by atoms with E-state index in [4.69, 9.17) is 14.2 Å². The smallest absolute Gasteiger partial charge is 0.410 e. The van der Waals surface area contributed by atoms with Crippen molar-refractivity contribution in [3.63, 3.8) is 0 Å². The first-order chi connectivity index (χ1) is 19.7. The van der Waals surface area contributed by atoms with Gasteiger partial charge in [-0.05, 0) is 22.3 Å². The fourth-order valence-corrected chi connectivity index (χ4v) is 4.38.